The Morgan fingerprint density at radius 2 is 1.76 bits per heavy atom. The van der Waals surface area contributed by atoms with Crippen molar-refractivity contribution in [3.63, 3.8) is 0 Å². The third-order valence-electron chi connectivity index (χ3n) is 6.22. The van der Waals surface area contributed by atoms with Crippen molar-refractivity contribution in [3.05, 3.63) is 82.0 Å². The number of rotatable bonds is 8. The molecule has 3 aromatic rings. The molecule has 176 valence electrons. The third-order valence-corrected chi connectivity index (χ3v) is 7.16. The first kappa shape index (κ1) is 23.7. The fourth-order valence-corrected chi connectivity index (χ4v) is 4.87. The molecule has 4 rings (SSSR count). The van der Waals surface area contributed by atoms with Gasteiger partial charge in [-0.1, -0.05) is 56.3 Å². The van der Waals surface area contributed by atoms with Crippen LogP contribution in [0, 0.1) is 0 Å². The summed E-state index contributed by atoms with van der Waals surface area (Å²) in [4.78, 5) is 40.3. The molecule has 2 atom stereocenters. The normalized spacial score (nSPS) is 14.6. The topological polar surface area (TPSA) is 78.5 Å². The molecule has 34 heavy (non-hydrogen) atoms. The highest BCUT2D eigenvalue weighted by molar-refractivity contribution is 7.10. The van der Waals surface area contributed by atoms with Gasteiger partial charge in [-0.25, -0.2) is 0 Å². The van der Waals surface area contributed by atoms with Crippen molar-refractivity contribution in [2.24, 2.45) is 0 Å². The summed E-state index contributed by atoms with van der Waals surface area (Å²) < 4.78 is 0. The Labute approximate surface area is 204 Å². The highest BCUT2D eigenvalue weighted by Crippen LogP contribution is 2.30. The molecule has 0 saturated heterocycles. The summed E-state index contributed by atoms with van der Waals surface area (Å²) in [6.45, 7) is 4.33. The van der Waals surface area contributed by atoms with Crippen LogP contribution >= 0.6 is 11.3 Å². The molecule has 2 aromatic carbocycles. The summed E-state index contributed by atoms with van der Waals surface area (Å²) in [6.07, 6.45) is 1.14. The number of carbonyl (C=O) groups is 3. The number of fused-ring (bicyclic) bond motifs is 1. The van der Waals surface area contributed by atoms with E-state index in [2.05, 4.69) is 48.7 Å². The molecular formula is C27H29N3O3S. The SMILES string of the molecule is CCC(C)c1ccc(C(NC(=O)CCC(=O)N2CC(=O)Nc3ccccc32)c2cccs2)cc1. The van der Waals surface area contributed by atoms with E-state index in [4.69, 9.17) is 0 Å². The maximum absolute atomic E-state index is 12.9. The molecule has 0 aliphatic carbocycles. The molecule has 0 radical (unpaired) electrons. The van der Waals surface area contributed by atoms with Gasteiger partial charge in [0.05, 0.1) is 17.4 Å². The van der Waals surface area contributed by atoms with E-state index in [-0.39, 0.29) is 43.1 Å². The average molecular weight is 476 g/mol. The molecule has 1 aliphatic rings. The first-order valence-electron chi connectivity index (χ1n) is 11.6. The first-order chi connectivity index (χ1) is 16.5. The second-order valence-electron chi connectivity index (χ2n) is 8.54. The number of para-hydroxylation sites is 2. The van der Waals surface area contributed by atoms with Crippen LogP contribution in [0.1, 0.15) is 61.1 Å². The van der Waals surface area contributed by atoms with E-state index in [1.54, 1.807) is 29.5 Å². The maximum atomic E-state index is 12.9. The number of amides is 3. The lowest BCUT2D eigenvalue weighted by atomic mass is 9.95. The Bertz CT molecular complexity index is 1160. The van der Waals surface area contributed by atoms with Crippen LogP contribution in [0.2, 0.25) is 0 Å². The van der Waals surface area contributed by atoms with Crippen LogP contribution in [0.4, 0.5) is 11.4 Å². The maximum Gasteiger partial charge on any atom is 0.244 e. The van der Waals surface area contributed by atoms with E-state index in [0.717, 1.165) is 16.9 Å². The molecule has 7 heteroatoms. The van der Waals surface area contributed by atoms with Gasteiger partial charge in [-0.05, 0) is 47.0 Å². The summed E-state index contributed by atoms with van der Waals surface area (Å²) in [7, 11) is 0. The first-order valence-corrected chi connectivity index (χ1v) is 12.5. The van der Waals surface area contributed by atoms with Gasteiger partial charge in [-0.3, -0.25) is 14.4 Å². The molecule has 0 fully saturated rings. The second kappa shape index (κ2) is 10.7. The van der Waals surface area contributed by atoms with Crippen LogP contribution < -0.4 is 15.5 Å². The van der Waals surface area contributed by atoms with E-state index in [1.165, 1.54) is 10.5 Å². The molecule has 2 N–H and O–H groups in total. The highest BCUT2D eigenvalue weighted by atomic mass is 32.1. The molecule has 0 bridgehead atoms. The summed E-state index contributed by atoms with van der Waals surface area (Å²) in [5.41, 5.74) is 3.55. The van der Waals surface area contributed by atoms with E-state index in [1.807, 2.05) is 23.6 Å². The van der Waals surface area contributed by atoms with Crippen molar-refractivity contribution in [2.75, 3.05) is 16.8 Å². The van der Waals surface area contributed by atoms with Crippen molar-refractivity contribution in [1.82, 2.24) is 5.32 Å². The smallest absolute Gasteiger partial charge is 0.244 e. The van der Waals surface area contributed by atoms with Gasteiger partial charge in [0.15, 0.2) is 0 Å². The zero-order valence-electron chi connectivity index (χ0n) is 19.4. The Hall–Kier alpha value is -3.45. The number of anilines is 2. The van der Waals surface area contributed by atoms with Gasteiger partial charge >= 0.3 is 0 Å². The van der Waals surface area contributed by atoms with Gasteiger partial charge < -0.3 is 15.5 Å². The standard InChI is InChI=1S/C27H29N3O3S/c1-3-18(2)19-10-12-20(13-11-19)27(23-9-6-16-34-23)29-24(31)14-15-26(33)30-17-25(32)28-21-7-4-5-8-22(21)30/h4-13,16,18,27H,3,14-15,17H2,1-2H3,(H,28,32)(H,29,31). The van der Waals surface area contributed by atoms with Crippen LogP contribution in [0.15, 0.2) is 66.0 Å². The van der Waals surface area contributed by atoms with Crippen molar-refractivity contribution < 1.29 is 14.4 Å². The van der Waals surface area contributed by atoms with Gasteiger partial charge in [0.1, 0.15) is 6.54 Å². The third kappa shape index (κ3) is 5.37. The molecule has 1 aliphatic heterocycles. The molecule has 2 unspecified atom stereocenters. The average Bonchev–Trinajstić information content (AvgIpc) is 3.39. The summed E-state index contributed by atoms with van der Waals surface area (Å²) in [6, 6.07) is 19.3. The Balaban J connectivity index is 1.43. The molecular weight excluding hydrogens is 446 g/mol. The number of nitrogens with zero attached hydrogens (tertiary/aromatic N) is 1. The Morgan fingerprint density at radius 3 is 2.47 bits per heavy atom. The number of carbonyl (C=O) groups excluding carboxylic acids is 3. The number of benzene rings is 2. The minimum atomic E-state index is -0.268. The zero-order valence-corrected chi connectivity index (χ0v) is 20.2. The number of nitrogens with one attached hydrogen (secondary N) is 2. The number of hydrogen-bond donors (Lipinski definition) is 2. The summed E-state index contributed by atoms with van der Waals surface area (Å²) >= 11 is 1.59. The molecule has 0 saturated carbocycles. The monoisotopic (exact) mass is 475 g/mol. The molecule has 2 heterocycles. The quantitative estimate of drug-likeness (QED) is 0.468. The van der Waals surface area contributed by atoms with Crippen molar-refractivity contribution in [2.45, 2.75) is 45.1 Å². The van der Waals surface area contributed by atoms with Gasteiger partial charge in [0.2, 0.25) is 17.7 Å². The highest BCUT2D eigenvalue weighted by Gasteiger charge is 2.27. The lowest BCUT2D eigenvalue weighted by molar-refractivity contribution is -0.126. The number of hydrogen-bond acceptors (Lipinski definition) is 4. The zero-order chi connectivity index (χ0) is 24.1. The molecule has 1 aromatic heterocycles. The molecule has 0 spiro atoms. The Morgan fingerprint density at radius 1 is 1.03 bits per heavy atom. The van der Waals surface area contributed by atoms with Crippen LogP contribution in [0.25, 0.3) is 0 Å². The van der Waals surface area contributed by atoms with Gasteiger partial charge in [-0.15, -0.1) is 11.3 Å². The van der Waals surface area contributed by atoms with E-state index >= 15 is 0 Å². The van der Waals surface area contributed by atoms with Crippen molar-refractivity contribution >= 4 is 40.4 Å². The lowest BCUT2D eigenvalue weighted by Crippen LogP contribution is -2.42. The van der Waals surface area contributed by atoms with Crippen molar-refractivity contribution in [3.8, 4) is 0 Å². The fourth-order valence-electron chi connectivity index (χ4n) is 4.07. The number of thiophene rings is 1. The predicted molar refractivity (Wildman–Crippen MR) is 136 cm³/mol. The molecule has 6 nitrogen and oxygen atoms in total. The van der Waals surface area contributed by atoms with E-state index < -0.39 is 0 Å². The fraction of sp³-hybridized carbons (Fsp3) is 0.296. The van der Waals surface area contributed by atoms with Crippen LogP contribution in [-0.4, -0.2) is 24.3 Å². The Kier molecular flexibility index (Phi) is 7.43. The van der Waals surface area contributed by atoms with E-state index in [9.17, 15) is 14.4 Å². The minimum absolute atomic E-state index is 0.0254. The largest absolute Gasteiger partial charge is 0.344 e. The predicted octanol–water partition coefficient (Wildman–Crippen LogP) is 5.23. The second-order valence-corrected chi connectivity index (χ2v) is 9.52. The van der Waals surface area contributed by atoms with Crippen LogP contribution in [-0.2, 0) is 14.4 Å². The van der Waals surface area contributed by atoms with Crippen LogP contribution in [0.3, 0.4) is 0 Å². The lowest BCUT2D eigenvalue weighted by Gasteiger charge is -2.29. The summed E-state index contributed by atoms with van der Waals surface area (Å²) in [5.74, 6) is -0.206. The van der Waals surface area contributed by atoms with Crippen LogP contribution in [0.5, 0.6) is 0 Å². The van der Waals surface area contributed by atoms with E-state index in [0.29, 0.717) is 17.3 Å². The summed E-state index contributed by atoms with van der Waals surface area (Å²) in [5, 5.41) is 7.87. The van der Waals surface area contributed by atoms with Gasteiger partial charge in [0.25, 0.3) is 0 Å². The van der Waals surface area contributed by atoms with Gasteiger partial charge in [-0.2, -0.15) is 0 Å². The molecule has 3 amide bonds. The minimum Gasteiger partial charge on any atom is -0.344 e. The van der Waals surface area contributed by atoms with Gasteiger partial charge in [0, 0.05) is 17.7 Å². The van der Waals surface area contributed by atoms with Crippen molar-refractivity contribution in [1.29, 1.82) is 0 Å².